The topological polar surface area (TPSA) is 45.2 Å². The highest BCUT2D eigenvalue weighted by Gasteiger charge is 2.11. The van der Waals surface area contributed by atoms with Gasteiger partial charge in [0.2, 0.25) is 0 Å². The van der Waals surface area contributed by atoms with E-state index in [2.05, 4.69) is 22.1 Å². The average Bonchev–Trinajstić information content (AvgIpc) is 2.76. The lowest BCUT2D eigenvalue weighted by Gasteiger charge is -2.19. The van der Waals surface area contributed by atoms with Crippen LogP contribution in [0.5, 0.6) is 0 Å². The number of carbonyl (C=O) groups is 1. The normalized spacial score (nSPS) is 17.1. The van der Waals surface area contributed by atoms with E-state index in [0.29, 0.717) is 0 Å². The predicted octanol–water partition coefficient (Wildman–Crippen LogP) is 2.31. The minimum atomic E-state index is 0.0204. The molecule has 0 unspecified atom stereocenters. The lowest BCUT2D eigenvalue weighted by molar-refractivity contribution is 0.0952. The van der Waals surface area contributed by atoms with Crippen molar-refractivity contribution in [2.75, 3.05) is 26.2 Å². The highest BCUT2D eigenvalue weighted by molar-refractivity contribution is 7.13. The zero-order chi connectivity index (χ0) is 13.5. The van der Waals surface area contributed by atoms with Crippen LogP contribution in [-0.2, 0) is 6.42 Å². The standard InChI is InChI=1S/C14H23N3OS/c1-2-13-16-11-12(19-13)14(18)15-7-10-17-8-5-3-4-6-9-17/h11H,2-10H2,1H3,(H,15,18). The van der Waals surface area contributed by atoms with Gasteiger partial charge in [0, 0.05) is 13.1 Å². The van der Waals surface area contributed by atoms with Crippen molar-refractivity contribution in [2.45, 2.75) is 39.0 Å². The number of rotatable bonds is 5. The number of hydrogen-bond donors (Lipinski definition) is 1. The summed E-state index contributed by atoms with van der Waals surface area (Å²) in [5.41, 5.74) is 0. The first-order valence-electron chi connectivity index (χ1n) is 7.25. The van der Waals surface area contributed by atoms with Crippen molar-refractivity contribution >= 4 is 17.2 Å². The van der Waals surface area contributed by atoms with E-state index in [1.54, 1.807) is 6.20 Å². The Morgan fingerprint density at radius 3 is 2.74 bits per heavy atom. The smallest absolute Gasteiger partial charge is 0.263 e. The van der Waals surface area contributed by atoms with Crippen LogP contribution in [0, 0.1) is 0 Å². The third kappa shape index (κ3) is 4.58. The Morgan fingerprint density at radius 1 is 1.37 bits per heavy atom. The summed E-state index contributed by atoms with van der Waals surface area (Å²) in [4.78, 5) is 19.3. The first kappa shape index (κ1) is 14.5. The molecule has 0 aromatic carbocycles. The van der Waals surface area contributed by atoms with Crippen molar-refractivity contribution in [3.05, 3.63) is 16.1 Å². The van der Waals surface area contributed by atoms with Gasteiger partial charge in [-0.1, -0.05) is 19.8 Å². The van der Waals surface area contributed by atoms with Gasteiger partial charge in [-0.05, 0) is 32.4 Å². The minimum Gasteiger partial charge on any atom is -0.350 e. The molecule has 1 aliphatic rings. The Bertz CT molecular complexity index is 397. The molecule has 1 aromatic rings. The molecule has 1 amide bonds. The molecule has 2 heterocycles. The molecule has 2 rings (SSSR count). The Hall–Kier alpha value is -0.940. The summed E-state index contributed by atoms with van der Waals surface area (Å²) in [6, 6.07) is 0. The summed E-state index contributed by atoms with van der Waals surface area (Å²) in [6.45, 7) is 6.11. The quantitative estimate of drug-likeness (QED) is 0.901. The second-order valence-electron chi connectivity index (χ2n) is 4.98. The third-order valence-electron chi connectivity index (χ3n) is 3.49. The van der Waals surface area contributed by atoms with Gasteiger partial charge >= 0.3 is 0 Å². The number of aromatic nitrogens is 1. The number of hydrogen-bond acceptors (Lipinski definition) is 4. The maximum absolute atomic E-state index is 11.9. The molecule has 1 aliphatic heterocycles. The summed E-state index contributed by atoms with van der Waals surface area (Å²) in [7, 11) is 0. The van der Waals surface area contributed by atoms with Crippen molar-refractivity contribution in [3.8, 4) is 0 Å². The van der Waals surface area contributed by atoms with Crippen molar-refractivity contribution in [3.63, 3.8) is 0 Å². The Morgan fingerprint density at radius 2 is 2.11 bits per heavy atom. The molecule has 5 heteroatoms. The maximum atomic E-state index is 11.9. The maximum Gasteiger partial charge on any atom is 0.263 e. The van der Waals surface area contributed by atoms with E-state index >= 15 is 0 Å². The molecule has 1 fully saturated rings. The molecule has 19 heavy (non-hydrogen) atoms. The number of amides is 1. The predicted molar refractivity (Wildman–Crippen MR) is 78.7 cm³/mol. The fourth-order valence-corrected chi connectivity index (χ4v) is 3.13. The van der Waals surface area contributed by atoms with Crippen LogP contribution in [0.1, 0.15) is 47.3 Å². The molecule has 0 saturated carbocycles. The van der Waals surface area contributed by atoms with Crippen LogP contribution < -0.4 is 5.32 Å². The molecule has 0 atom stereocenters. The summed E-state index contributed by atoms with van der Waals surface area (Å²) in [5.74, 6) is 0.0204. The number of nitrogens with zero attached hydrogens (tertiary/aromatic N) is 2. The van der Waals surface area contributed by atoms with Crippen LogP contribution >= 0.6 is 11.3 Å². The molecule has 106 valence electrons. The van der Waals surface area contributed by atoms with Gasteiger partial charge in [0.25, 0.3) is 5.91 Å². The van der Waals surface area contributed by atoms with Gasteiger partial charge in [-0.15, -0.1) is 11.3 Å². The Balaban J connectivity index is 1.71. The van der Waals surface area contributed by atoms with E-state index in [9.17, 15) is 4.79 Å². The number of thiazole rings is 1. The van der Waals surface area contributed by atoms with Crippen molar-refractivity contribution < 1.29 is 4.79 Å². The molecular weight excluding hydrogens is 258 g/mol. The van der Waals surface area contributed by atoms with Crippen LogP contribution in [0.25, 0.3) is 0 Å². The van der Waals surface area contributed by atoms with Gasteiger partial charge in [0.05, 0.1) is 11.2 Å². The van der Waals surface area contributed by atoms with Gasteiger partial charge in [0.15, 0.2) is 0 Å². The van der Waals surface area contributed by atoms with Gasteiger partial charge in [-0.3, -0.25) is 4.79 Å². The van der Waals surface area contributed by atoms with E-state index in [1.165, 1.54) is 50.1 Å². The molecule has 0 spiro atoms. The SMILES string of the molecule is CCc1ncc(C(=O)NCCN2CCCCCC2)s1. The lowest BCUT2D eigenvalue weighted by atomic mass is 10.2. The Kier molecular flexibility index (Phi) is 5.79. The molecule has 1 aromatic heterocycles. The molecule has 1 N–H and O–H groups in total. The molecule has 0 aliphatic carbocycles. The average molecular weight is 281 g/mol. The van der Waals surface area contributed by atoms with E-state index in [4.69, 9.17) is 0 Å². The molecule has 1 saturated heterocycles. The number of likely N-dealkylation sites (tertiary alicyclic amines) is 1. The van der Waals surface area contributed by atoms with Crippen molar-refractivity contribution in [2.24, 2.45) is 0 Å². The van der Waals surface area contributed by atoms with Gasteiger partial charge in [0.1, 0.15) is 4.88 Å². The van der Waals surface area contributed by atoms with E-state index in [1.807, 2.05) is 0 Å². The highest BCUT2D eigenvalue weighted by Crippen LogP contribution is 2.13. The molecule has 0 radical (unpaired) electrons. The lowest BCUT2D eigenvalue weighted by Crippen LogP contribution is -2.35. The van der Waals surface area contributed by atoms with Gasteiger partial charge in [-0.2, -0.15) is 0 Å². The zero-order valence-corrected chi connectivity index (χ0v) is 12.5. The van der Waals surface area contributed by atoms with Crippen molar-refractivity contribution in [1.29, 1.82) is 0 Å². The van der Waals surface area contributed by atoms with Crippen LogP contribution in [0.4, 0.5) is 0 Å². The van der Waals surface area contributed by atoms with Gasteiger partial charge in [-0.25, -0.2) is 4.98 Å². The largest absolute Gasteiger partial charge is 0.350 e. The minimum absolute atomic E-state index is 0.0204. The van der Waals surface area contributed by atoms with Crippen LogP contribution in [-0.4, -0.2) is 42.0 Å². The fourth-order valence-electron chi connectivity index (χ4n) is 2.35. The summed E-state index contributed by atoms with van der Waals surface area (Å²) >= 11 is 1.49. The summed E-state index contributed by atoms with van der Waals surface area (Å²) in [6.07, 6.45) is 7.87. The third-order valence-corrected chi connectivity index (χ3v) is 4.63. The van der Waals surface area contributed by atoms with Crippen LogP contribution in [0.2, 0.25) is 0 Å². The Labute approximate surface area is 119 Å². The first-order chi connectivity index (χ1) is 9.29. The monoisotopic (exact) mass is 281 g/mol. The van der Waals surface area contributed by atoms with Crippen molar-refractivity contribution in [1.82, 2.24) is 15.2 Å². The number of carbonyl (C=O) groups excluding carboxylic acids is 1. The molecule has 4 nitrogen and oxygen atoms in total. The molecular formula is C14H23N3OS. The number of nitrogens with one attached hydrogen (secondary N) is 1. The molecule has 0 bridgehead atoms. The van der Waals surface area contributed by atoms with Crippen LogP contribution in [0.15, 0.2) is 6.20 Å². The summed E-state index contributed by atoms with van der Waals surface area (Å²) < 4.78 is 0. The second kappa shape index (κ2) is 7.60. The number of aryl methyl sites for hydroxylation is 1. The van der Waals surface area contributed by atoms with Crippen LogP contribution in [0.3, 0.4) is 0 Å². The first-order valence-corrected chi connectivity index (χ1v) is 8.06. The van der Waals surface area contributed by atoms with Gasteiger partial charge < -0.3 is 10.2 Å². The zero-order valence-electron chi connectivity index (χ0n) is 11.7. The second-order valence-corrected chi connectivity index (χ2v) is 6.10. The fraction of sp³-hybridized carbons (Fsp3) is 0.714. The van der Waals surface area contributed by atoms with E-state index in [0.717, 1.165) is 29.4 Å². The van der Waals surface area contributed by atoms with E-state index < -0.39 is 0 Å². The summed E-state index contributed by atoms with van der Waals surface area (Å²) in [5, 5.41) is 4.02. The van der Waals surface area contributed by atoms with E-state index in [-0.39, 0.29) is 5.91 Å². The highest BCUT2D eigenvalue weighted by atomic mass is 32.1.